The summed E-state index contributed by atoms with van der Waals surface area (Å²) >= 11 is 0. The maximum Gasteiger partial charge on any atom is 0.156 e. The third kappa shape index (κ3) is 1.88. The minimum absolute atomic E-state index is 0.768. The second kappa shape index (κ2) is 4.41. The molecule has 0 aliphatic rings. The minimum atomic E-state index is 0.768. The molecular formula is C14H12N4. The Balaban J connectivity index is 2.03. The Hall–Kier alpha value is -2.49. The molecule has 0 saturated heterocycles. The lowest BCUT2D eigenvalue weighted by Crippen LogP contribution is -1.96. The Morgan fingerprint density at radius 3 is 2.78 bits per heavy atom. The van der Waals surface area contributed by atoms with E-state index < -0.39 is 0 Å². The summed E-state index contributed by atoms with van der Waals surface area (Å²) in [4.78, 5) is 8.07. The van der Waals surface area contributed by atoms with E-state index in [1.54, 1.807) is 10.9 Å². The molecule has 88 valence electrons. The van der Waals surface area contributed by atoms with Crippen molar-refractivity contribution in [3.05, 3.63) is 60.8 Å². The fourth-order valence-corrected chi connectivity index (χ4v) is 1.90. The Labute approximate surface area is 105 Å². The quantitative estimate of drug-likeness (QED) is 0.687. The molecule has 0 fully saturated rings. The van der Waals surface area contributed by atoms with Crippen molar-refractivity contribution in [1.82, 2.24) is 19.7 Å². The van der Waals surface area contributed by atoms with Gasteiger partial charge in [-0.15, -0.1) is 0 Å². The molecule has 2 heterocycles. The van der Waals surface area contributed by atoms with Crippen LogP contribution in [-0.4, -0.2) is 19.7 Å². The summed E-state index contributed by atoms with van der Waals surface area (Å²) in [6, 6.07) is 10.1. The smallest absolute Gasteiger partial charge is 0.156 e. The molecule has 0 saturated carbocycles. The number of hydrogen-bond donors (Lipinski definition) is 0. The topological polar surface area (TPSA) is 43.6 Å². The highest BCUT2D eigenvalue weighted by Gasteiger charge is 2.05. The summed E-state index contributed by atoms with van der Waals surface area (Å²) < 4.78 is 1.75. The van der Waals surface area contributed by atoms with E-state index in [4.69, 9.17) is 0 Å². The van der Waals surface area contributed by atoms with E-state index in [2.05, 4.69) is 34.1 Å². The van der Waals surface area contributed by atoms with Crippen LogP contribution >= 0.6 is 0 Å². The largest absolute Gasteiger partial charge is 0.245 e. The molecular weight excluding hydrogens is 224 g/mol. The van der Waals surface area contributed by atoms with Gasteiger partial charge in [-0.3, -0.25) is 0 Å². The van der Waals surface area contributed by atoms with E-state index in [9.17, 15) is 0 Å². The zero-order valence-corrected chi connectivity index (χ0v) is 9.99. The second-order valence-electron chi connectivity index (χ2n) is 4.06. The van der Waals surface area contributed by atoms with Crippen molar-refractivity contribution in [2.75, 3.05) is 0 Å². The van der Waals surface area contributed by atoms with Crippen LogP contribution in [0.4, 0.5) is 0 Å². The SMILES string of the molecule is Cc1ccccc1-c1cnn(-c2ccncn2)c1. The number of rotatable bonds is 2. The molecule has 18 heavy (non-hydrogen) atoms. The number of aromatic nitrogens is 4. The van der Waals surface area contributed by atoms with Gasteiger partial charge in [0.15, 0.2) is 5.82 Å². The maximum atomic E-state index is 4.33. The molecule has 0 bridgehead atoms. The Bertz CT molecular complexity index is 658. The third-order valence-electron chi connectivity index (χ3n) is 2.84. The highest BCUT2D eigenvalue weighted by molar-refractivity contribution is 5.65. The van der Waals surface area contributed by atoms with E-state index >= 15 is 0 Å². The van der Waals surface area contributed by atoms with Crippen LogP contribution in [0.25, 0.3) is 16.9 Å². The summed E-state index contributed by atoms with van der Waals surface area (Å²) in [5.74, 6) is 0.768. The van der Waals surface area contributed by atoms with Gasteiger partial charge in [0.05, 0.1) is 6.20 Å². The molecule has 3 aromatic rings. The van der Waals surface area contributed by atoms with Gasteiger partial charge in [-0.1, -0.05) is 24.3 Å². The molecule has 3 rings (SSSR count). The molecule has 0 unspecified atom stereocenters. The van der Waals surface area contributed by atoms with Gasteiger partial charge in [0, 0.05) is 24.0 Å². The lowest BCUT2D eigenvalue weighted by molar-refractivity contribution is 0.839. The normalized spacial score (nSPS) is 10.5. The van der Waals surface area contributed by atoms with E-state index in [0.29, 0.717) is 0 Å². The molecule has 0 radical (unpaired) electrons. The molecule has 1 aromatic carbocycles. The number of nitrogens with zero attached hydrogens (tertiary/aromatic N) is 4. The Morgan fingerprint density at radius 2 is 2.00 bits per heavy atom. The Morgan fingerprint density at radius 1 is 1.11 bits per heavy atom. The van der Waals surface area contributed by atoms with Gasteiger partial charge < -0.3 is 0 Å². The van der Waals surface area contributed by atoms with E-state index in [0.717, 1.165) is 11.4 Å². The number of aryl methyl sites for hydroxylation is 1. The summed E-state index contributed by atoms with van der Waals surface area (Å²) in [6.45, 7) is 2.09. The number of benzene rings is 1. The lowest BCUT2D eigenvalue weighted by atomic mass is 10.0. The van der Waals surface area contributed by atoms with Crippen LogP contribution < -0.4 is 0 Å². The zero-order chi connectivity index (χ0) is 12.4. The van der Waals surface area contributed by atoms with Gasteiger partial charge in [0.1, 0.15) is 6.33 Å². The highest BCUT2D eigenvalue weighted by Crippen LogP contribution is 2.22. The average molecular weight is 236 g/mol. The molecule has 4 nitrogen and oxygen atoms in total. The summed E-state index contributed by atoms with van der Waals surface area (Å²) in [7, 11) is 0. The maximum absolute atomic E-state index is 4.33. The molecule has 0 aliphatic carbocycles. The number of hydrogen-bond acceptors (Lipinski definition) is 3. The molecule has 0 N–H and O–H groups in total. The van der Waals surface area contributed by atoms with Gasteiger partial charge in [0.2, 0.25) is 0 Å². The van der Waals surface area contributed by atoms with Gasteiger partial charge in [-0.05, 0) is 18.1 Å². The van der Waals surface area contributed by atoms with E-state index in [-0.39, 0.29) is 0 Å². The van der Waals surface area contributed by atoms with Crippen LogP contribution in [0.2, 0.25) is 0 Å². The van der Waals surface area contributed by atoms with E-state index in [1.807, 2.05) is 30.6 Å². The van der Waals surface area contributed by atoms with Crippen molar-refractivity contribution >= 4 is 0 Å². The summed E-state index contributed by atoms with van der Waals surface area (Å²) in [5, 5.41) is 4.33. The van der Waals surface area contributed by atoms with Crippen molar-refractivity contribution in [3.8, 4) is 16.9 Å². The van der Waals surface area contributed by atoms with Crippen molar-refractivity contribution in [2.24, 2.45) is 0 Å². The van der Waals surface area contributed by atoms with Crippen molar-refractivity contribution in [1.29, 1.82) is 0 Å². The predicted molar refractivity (Wildman–Crippen MR) is 69.3 cm³/mol. The molecule has 4 heteroatoms. The average Bonchev–Trinajstić information content (AvgIpc) is 2.90. The first-order valence-electron chi connectivity index (χ1n) is 5.71. The summed E-state index contributed by atoms with van der Waals surface area (Å²) in [5.41, 5.74) is 3.52. The predicted octanol–water partition coefficient (Wildman–Crippen LogP) is 2.64. The molecule has 0 spiro atoms. The first-order valence-corrected chi connectivity index (χ1v) is 5.71. The second-order valence-corrected chi connectivity index (χ2v) is 4.06. The highest BCUT2D eigenvalue weighted by atomic mass is 15.3. The lowest BCUT2D eigenvalue weighted by Gasteiger charge is -2.01. The van der Waals surface area contributed by atoms with Crippen LogP contribution in [0.5, 0.6) is 0 Å². The van der Waals surface area contributed by atoms with Gasteiger partial charge in [0.25, 0.3) is 0 Å². The van der Waals surface area contributed by atoms with Crippen molar-refractivity contribution in [2.45, 2.75) is 6.92 Å². The fourth-order valence-electron chi connectivity index (χ4n) is 1.90. The third-order valence-corrected chi connectivity index (χ3v) is 2.84. The van der Waals surface area contributed by atoms with Gasteiger partial charge in [-0.25, -0.2) is 14.6 Å². The monoisotopic (exact) mass is 236 g/mol. The first-order chi connectivity index (χ1) is 8.84. The van der Waals surface area contributed by atoms with Crippen LogP contribution in [0.3, 0.4) is 0 Å². The van der Waals surface area contributed by atoms with Crippen LogP contribution in [-0.2, 0) is 0 Å². The molecule has 2 aromatic heterocycles. The first kappa shape index (κ1) is 10.7. The summed E-state index contributed by atoms with van der Waals surface area (Å²) in [6.07, 6.45) is 7.05. The zero-order valence-electron chi connectivity index (χ0n) is 9.99. The van der Waals surface area contributed by atoms with E-state index in [1.165, 1.54) is 17.5 Å². The fraction of sp³-hybridized carbons (Fsp3) is 0.0714. The minimum Gasteiger partial charge on any atom is -0.245 e. The Kier molecular flexibility index (Phi) is 2.61. The molecule has 0 aliphatic heterocycles. The van der Waals surface area contributed by atoms with Crippen molar-refractivity contribution in [3.63, 3.8) is 0 Å². The molecule has 0 atom stereocenters. The van der Waals surface area contributed by atoms with Crippen LogP contribution in [0.1, 0.15) is 5.56 Å². The van der Waals surface area contributed by atoms with Crippen molar-refractivity contribution < 1.29 is 0 Å². The van der Waals surface area contributed by atoms with Gasteiger partial charge in [-0.2, -0.15) is 5.10 Å². The van der Waals surface area contributed by atoms with Crippen LogP contribution in [0, 0.1) is 6.92 Å². The van der Waals surface area contributed by atoms with Gasteiger partial charge >= 0.3 is 0 Å². The van der Waals surface area contributed by atoms with Crippen LogP contribution in [0.15, 0.2) is 55.2 Å². The molecule has 0 amide bonds. The standard InChI is InChI=1S/C14H12N4/c1-11-4-2-3-5-13(11)12-8-17-18(9-12)14-6-7-15-10-16-14/h2-10H,1H3.